The number of benzene rings is 1. The first-order chi connectivity index (χ1) is 16.6. The molecule has 35 heavy (non-hydrogen) atoms. The van der Waals surface area contributed by atoms with Crippen LogP contribution in [0.1, 0.15) is 103 Å². The van der Waals surface area contributed by atoms with Crippen molar-refractivity contribution >= 4 is 17.4 Å². The number of aryl methyl sites for hydroxylation is 1. The first kappa shape index (κ1) is 24.0. The Hall–Kier alpha value is -2.67. The zero-order valence-electron chi connectivity index (χ0n) is 21.4. The molecule has 7 nitrogen and oxygen atoms in total. The molecule has 5 rings (SSSR count). The summed E-state index contributed by atoms with van der Waals surface area (Å²) in [4.78, 5) is 26.2. The summed E-state index contributed by atoms with van der Waals surface area (Å²) in [6, 6.07) is 4.47. The van der Waals surface area contributed by atoms with Gasteiger partial charge in [-0.15, -0.1) is 0 Å². The van der Waals surface area contributed by atoms with E-state index >= 15 is 0 Å². The van der Waals surface area contributed by atoms with Crippen molar-refractivity contribution in [2.24, 2.45) is 5.41 Å². The lowest BCUT2D eigenvalue weighted by Crippen LogP contribution is -2.42. The maximum atomic E-state index is 13.2. The van der Waals surface area contributed by atoms with Gasteiger partial charge in [0.25, 0.3) is 5.91 Å². The third kappa shape index (κ3) is 4.63. The summed E-state index contributed by atoms with van der Waals surface area (Å²) < 4.78 is 1.95. The number of fused-ring (bicyclic) bond motifs is 2. The summed E-state index contributed by atoms with van der Waals surface area (Å²) >= 11 is 0. The Morgan fingerprint density at radius 1 is 1.14 bits per heavy atom. The second-order valence-corrected chi connectivity index (χ2v) is 11.6. The molecule has 3 aliphatic rings. The van der Waals surface area contributed by atoms with Crippen LogP contribution in [0.15, 0.2) is 12.1 Å². The Bertz CT molecular complexity index is 1160. The average molecular weight is 479 g/mol. The van der Waals surface area contributed by atoms with E-state index in [1.54, 1.807) is 0 Å². The van der Waals surface area contributed by atoms with Crippen LogP contribution in [-0.4, -0.2) is 44.8 Å². The fourth-order valence-electron chi connectivity index (χ4n) is 6.24. The molecule has 1 atom stereocenters. The molecular formula is C28H38N4O3. The molecule has 3 N–H and O–H groups in total. The van der Waals surface area contributed by atoms with E-state index in [-0.39, 0.29) is 35.3 Å². The molecule has 7 heteroatoms. The molecule has 1 aromatic carbocycles. The van der Waals surface area contributed by atoms with Crippen molar-refractivity contribution in [3.8, 4) is 5.69 Å². The standard InChI is InChI=1S/C28H38N4O3/c1-5-6-19-11-17-12-20(32-23-14-28(3,4)15-24(34)25(23)16(2)31-32)13-22(26(17)27(35)30-19)29-18-7-9-21(33)10-8-18/h12-13,18-19,21,29,33H,5-11,14-15H2,1-4H3,(H,30,35). The van der Waals surface area contributed by atoms with Gasteiger partial charge in [0, 0.05) is 24.2 Å². The first-order valence-corrected chi connectivity index (χ1v) is 13.2. The lowest BCUT2D eigenvalue weighted by atomic mass is 9.75. The van der Waals surface area contributed by atoms with Crippen LogP contribution in [0.25, 0.3) is 5.69 Å². The van der Waals surface area contributed by atoms with E-state index in [9.17, 15) is 14.7 Å². The third-order valence-corrected chi connectivity index (χ3v) is 7.89. The Balaban J connectivity index is 1.60. The molecule has 2 heterocycles. The molecule has 1 saturated carbocycles. The number of nitrogens with one attached hydrogen (secondary N) is 2. The molecule has 2 aromatic rings. The van der Waals surface area contributed by atoms with E-state index in [0.29, 0.717) is 6.42 Å². The smallest absolute Gasteiger partial charge is 0.253 e. The molecule has 1 unspecified atom stereocenters. The van der Waals surface area contributed by atoms with Gasteiger partial charge >= 0.3 is 0 Å². The minimum atomic E-state index is -0.231. The maximum absolute atomic E-state index is 13.2. The van der Waals surface area contributed by atoms with Crippen LogP contribution in [0, 0.1) is 12.3 Å². The van der Waals surface area contributed by atoms with E-state index in [0.717, 1.165) is 90.8 Å². The summed E-state index contributed by atoms with van der Waals surface area (Å²) in [7, 11) is 0. The quantitative estimate of drug-likeness (QED) is 0.588. The molecule has 2 aliphatic carbocycles. The van der Waals surface area contributed by atoms with Gasteiger partial charge in [-0.25, -0.2) is 4.68 Å². The van der Waals surface area contributed by atoms with Gasteiger partial charge in [0.15, 0.2) is 5.78 Å². The highest BCUT2D eigenvalue weighted by Gasteiger charge is 2.36. The summed E-state index contributed by atoms with van der Waals surface area (Å²) in [6.07, 6.45) is 7.12. The number of ketones is 1. The molecule has 1 aliphatic heterocycles. The summed E-state index contributed by atoms with van der Waals surface area (Å²) in [5.74, 6) is 0.143. The molecule has 1 fully saturated rings. The minimum absolute atomic E-state index is 0.0235. The number of carbonyl (C=O) groups excluding carboxylic acids is 2. The number of nitrogens with zero attached hydrogens (tertiary/aromatic N) is 2. The highest BCUT2D eigenvalue weighted by Crippen LogP contribution is 2.38. The molecule has 0 spiro atoms. The van der Waals surface area contributed by atoms with Crippen LogP contribution in [0.4, 0.5) is 5.69 Å². The number of rotatable bonds is 5. The molecule has 0 radical (unpaired) electrons. The number of aromatic nitrogens is 2. The topological polar surface area (TPSA) is 96.2 Å². The predicted molar refractivity (Wildman–Crippen MR) is 136 cm³/mol. The van der Waals surface area contributed by atoms with Crippen LogP contribution in [0.2, 0.25) is 0 Å². The van der Waals surface area contributed by atoms with Gasteiger partial charge in [-0.3, -0.25) is 9.59 Å². The van der Waals surface area contributed by atoms with Gasteiger partial charge in [0.1, 0.15) is 0 Å². The van der Waals surface area contributed by atoms with Crippen LogP contribution in [0.3, 0.4) is 0 Å². The number of hydrogen-bond acceptors (Lipinski definition) is 5. The second-order valence-electron chi connectivity index (χ2n) is 11.6. The first-order valence-electron chi connectivity index (χ1n) is 13.2. The normalized spacial score (nSPS) is 25.6. The van der Waals surface area contributed by atoms with Gasteiger partial charge < -0.3 is 15.7 Å². The number of amides is 1. The van der Waals surface area contributed by atoms with Crippen molar-refractivity contribution in [1.82, 2.24) is 15.1 Å². The molecular weight excluding hydrogens is 440 g/mol. The van der Waals surface area contributed by atoms with Gasteiger partial charge in [-0.2, -0.15) is 5.10 Å². The van der Waals surface area contributed by atoms with E-state index in [2.05, 4.69) is 37.5 Å². The van der Waals surface area contributed by atoms with Crippen LogP contribution >= 0.6 is 0 Å². The molecule has 1 amide bonds. The molecule has 0 bridgehead atoms. The monoisotopic (exact) mass is 478 g/mol. The summed E-state index contributed by atoms with van der Waals surface area (Å²) in [5, 5.41) is 21.6. The number of anilines is 1. The fourth-order valence-corrected chi connectivity index (χ4v) is 6.24. The Kier molecular flexibility index (Phi) is 6.24. The van der Waals surface area contributed by atoms with E-state index in [1.807, 2.05) is 17.7 Å². The Morgan fingerprint density at radius 2 is 1.89 bits per heavy atom. The van der Waals surface area contributed by atoms with Gasteiger partial charge in [-0.1, -0.05) is 27.2 Å². The molecule has 0 saturated heterocycles. The van der Waals surface area contributed by atoms with E-state index < -0.39 is 0 Å². The van der Waals surface area contributed by atoms with Crippen LogP contribution in [-0.2, 0) is 12.8 Å². The number of hydrogen-bond donors (Lipinski definition) is 3. The highest BCUT2D eigenvalue weighted by molar-refractivity contribution is 6.03. The van der Waals surface area contributed by atoms with Crippen molar-refractivity contribution < 1.29 is 14.7 Å². The zero-order valence-corrected chi connectivity index (χ0v) is 21.4. The number of aliphatic hydroxyl groups is 1. The summed E-state index contributed by atoms with van der Waals surface area (Å²) in [5.41, 5.74) is 5.89. The Labute approximate surface area is 207 Å². The largest absolute Gasteiger partial charge is 0.393 e. The predicted octanol–water partition coefficient (Wildman–Crippen LogP) is 4.51. The molecule has 1 aromatic heterocycles. The van der Waals surface area contributed by atoms with Crippen molar-refractivity contribution in [1.29, 1.82) is 0 Å². The van der Waals surface area contributed by atoms with Crippen LogP contribution in [0.5, 0.6) is 0 Å². The molecule has 188 valence electrons. The minimum Gasteiger partial charge on any atom is -0.393 e. The third-order valence-electron chi connectivity index (χ3n) is 7.89. The van der Waals surface area contributed by atoms with Gasteiger partial charge in [0.05, 0.1) is 34.3 Å². The van der Waals surface area contributed by atoms with Crippen molar-refractivity contribution in [2.45, 2.75) is 104 Å². The van der Waals surface area contributed by atoms with Gasteiger partial charge in [-0.05, 0) is 75.0 Å². The second kappa shape index (κ2) is 9.08. The van der Waals surface area contributed by atoms with E-state index in [1.165, 1.54) is 0 Å². The van der Waals surface area contributed by atoms with Crippen molar-refractivity contribution in [2.75, 3.05) is 5.32 Å². The number of carbonyl (C=O) groups is 2. The summed E-state index contributed by atoms with van der Waals surface area (Å²) in [6.45, 7) is 8.33. The van der Waals surface area contributed by atoms with E-state index in [4.69, 9.17) is 5.10 Å². The zero-order chi connectivity index (χ0) is 24.9. The lowest BCUT2D eigenvalue weighted by molar-refractivity contribution is 0.0906. The van der Waals surface area contributed by atoms with Crippen molar-refractivity contribution in [3.05, 3.63) is 40.2 Å². The maximum Gasteiger partial charge on any atom is 0.253 e. The lowest BCUT2D eigenvalue weighted by Gasteiger charge is -2.32. The number of Topliss-reactive ketones (excluding diaryl/α,β-unsaturated/α-hetero) is 1. The van der Waals surface area contributed by atoms with Gasteiger partial charge in [0.2, 0.25) is 0 Å². The van der Waals surface area contributed by atoms with Crippen molar-refractivity contribution in [3.63, 3.8) is 0 Å². The van der Waals surface area contributed by atoms with Crippen LogP contribution < -0.4 is 10.6 Å². The Morgan fingerprint density at radius 3 is 2.60 bits per heavy atom. The number of aliphatic hydroxyl groups excluding tert-OH is 1. The highest BCUT2D eigenvalue weighted by atomic mass is 16.3. The average Bonchev–Trinajstić information content (AvgIpc) is 3.10. The SMILES string of the molecule is CCCC1Cc2cc(-n3nc(C)c4c3CC(C)(C)CC4=O)cc(NC3CCC(O)CC3)c2C(=O)N1. The fraction of sp³-hybridized carbons (Fsp3) is 0.607.